The van der Waals surface area contributed by atoms with Gasteiger partial charge in [-0.2, -0.15) is 5.10 Å². The quantitative estimate of drug-likeness (QED) is 0.808. The lowest BCUT2D eigenvalue weighted by Crippen LogP contribution is -2.36. The topological polar surface area (TPSA) is 47.4 Å². The molecule has 0 N–H and O–H groups in total. The van der Waals surface area contributed by atoms with E-state index in [4.69, 9.17) is 4.74 Å². The van der Waals surface area contributed by atoms with Gasteiger partial charge < -0.3 is 9.64 Å². The van der Waals surface area contributed by atoms with E-state index in [9.17, 15) is 9.18 Å². The largest absolute Gasteiger partial charge is 0.480 e. The van der Waals surface area contributed by atoms with Crippen LogP contribution in [-0.4, -0.2) is 34.2 Å². The summed E-state index contributed by atoms with van der Waals surface area (Å²) < 4.78 is 20.7. The summed E-state index contributed by atoms with van der Waals surface area (Å²) in [5.41, 5.74) is 2.63. The summed E-state index contributed by atoms with van der Waals surface area (Å²) in [5, 5.41) is 4.29. The number of carbonyl (C=O) groups is 1. The fourth-order valence-electron chi connectivity index (χ4n) is 3.24. The highest BCUT2D eigenvalue weighted by Crippen LogP contribution is 2.44. The molecule has 1 fully saturated rings. The standard InChI is InChI=1S/C19H24FN3O2/c1-12-19(13(2)23(4)21-12)25-11-17(24)22(3)18(14-5-6-14)15-7-9-16(20)10-8-15/h7-10,14,18H,5-6,11H2,1-4H3. The van der Waals surface area contributed by atoms with Crippen LogP contribution in [0.25, 0.3) is 0 Å². The third-order valence-electron chi connectivity index (χ3n) is 4.87. The van der Waals surface area contributed by atoms with Crippen molar-refractivity contribution in [3.63, 3.8) is 0 Å². The van der Waals surface area contributed by atoms with Crippen molar-refractivity contribution in [2.24, 2.45) is 13.0 Å². The number of aryl methyl sites for hydroxylation is 2. The molecule has 2 aromatic rings. The fraction of sp³-hybridized carbons (Fsp3) is 0.474. The number of hydrogen-bond donors (Lipinski definition) is 0. The molecule has 1 amide bonds. The van der Waals surface area contributed by atoms with Crippen molar-refractivity contribution >= 4 is 5.91 Å². The van der Waals surface area contributed by atoms with Crippen molar-refractivity contribution < 1.29 is 13.9 Å². The van der Waals surface area contributed by atoms with Gasteiger partial charge in [-0.15, -0.1) is 0 Å². The van der Waals surface area contributed by atoms with E-state index in [1.54, 1.807) is 28.8 Å². The van der Waals surface area contributed by atoms with E-state index in [1.165, 1.54) is 12.1 Å². The van der Waals surface area contributed by atoms with E-state index in [-0.39, 0.29) is 24.4 Å². The van der Waals surface area contributed by atoms with Crippen LogP contribution in [0.4, 0.5) is 4.39 Å². The average molecular weight is 345 g/mol. The number of rotatable bonds is 6. The molecule has 1 aromatic heterocycles. The number of nitrogens with zero attached hydrogens (tertiary/aromatic N) is 3. The van der Waals surface area contributed by atoms with Gasteiger partial charge in [0, 0.05) is 14.1 Å². The van der Waals surface area contributed by atoms with Gasteiger partial charge in [-0.1, -0.05) is 12.1 Å². The molecule has 1 aliphatic carbocycles. The summed E-state index contributed by atoms with van der Waals surface area (Å²) >= 11 is 0. The molecule has 0 radical (unpaired) electrons. The SMILES string of the molecule is Cc1nn(C)c(C)c1OCC(=O)N(C)C(c1ccc(F)cc1)C1CC1. The number of aromatic nitrogens is 2. The van der Waals surface area contributed by atoms with Crippen LogP contribution in [0.15, 0.2) is 24.3 Å². The van der Waals surface area contributed by atoms with Crippen molar-refractivity contribution in [3.8, 4) is 5.75 Å². The van der Waals surface area contributed by atoms with Crippen LogP contribution >= 0.6 is 0 Å². The van der Waals surface area contributed by atoms with Gasteiger partial charge in [0.2, 0.25) is 0 Å². The normalized spacial score (nSPS) is 15.1. The summed E-state index contributed by atoms with van der Waals surface area (Å²) in [5.74, 6) is 0.734. The maximum atomic E-state index is 13.2. The predicted molar refractivity (Wildman–Crippen MR) is 92.8 cm³/mol. The summed E-state index contributed by atoms with van der Waals surface area (Å²) in [7, 11) is 3.64. The molecule has 5 nitrogen and oxygen atoms in total. The maximum absolute atomic E-state index is 13.2. The lowest BCUT2D eigenvalue weighted by molar-refractivity contribution is -0.134. The van der Waals surface area contributed by atoms with E-state index >= 15 is 0 Å². The minimum absolute atomic E-state index is 0.0334. The third kappa shape index (κ3) is 3.67. The number of carbonyl (C=O) groups excluding carboxylic acids is 1. The molecule has 6 heteroatoms. The zero-order valence-electron chi connectivity index (χ0n) is 15.1. The maximum Gasteiger partial charge on any atom is 0.260 e. The van der Waals surface area contributed by atoms with Gasteiger partial charge in [-0.25, -0.2) is 4.39 Å². The number of benzene rings is 1. The summed E-state index contributed by atoms with van der Waals surface area (Å²) in [4.78, 5) is 14.4. The molecule has 0 spiro atoms. The highest BCUT2D eigenvalue weighted by atomic mass is 19.1. The Morgan fingerprint density at radius 2 is 2.00 bits per heavy atom. The first-order valence-corrected chi connectivity index (χ1v) is 8.52. The summed E-state index contributed by atoms with van der Waals surface area (Å²) in [6.45, 7) is 3.74. The zero-order valence-corrected chi connectivity index (χ0v) is 15.1. The van der Waals surface area contributed by atoms with Gasteiger partial charge in [0.15, 0.2) is 12.4 Å². The lowest BCUT2D eigenvalue weighted by atomic mass is 10.0. The molecule has 1 saturated carbocycles. The number of amides is 1. The predicted octanol–water partition coefficient (Wildman–Crippen LogP) is 3.16. The number of ether oxygens (including phenoxy) is 1. The van der Waals surface area contributed by atoms with Crippen LogP contribution in [0.5, 0.6) is 5.75 Å². The molecule has 0 bridgehead atoms. The first kappa shape index (κ1) is 17.5. The van der Waals surface area contributed by atoms with Crippen LogP contribution < -0.4 is 4.74 Å². The molecule has 1 aromatic carbocycles. The molecule has 1 atom stereocenters. The van der Waals surface area contributed by atoms with Crippen LogP contribution in [-0.2, 0) is 11.8 Å². The molecular weight excluding hydrogens is 321 g/mol. The Kier molecular flexibility index (Phi) is 4.79. The van der Waals surface area contributed by atoms with Crippen molar-refractivity contribution in [1.82, 2.24) is 14.7 Å². The number of halogens is 1. The smallest absolute Gasteiger partial charge is 0.260 e. The molecule has 25 heavy (non-hydrogen) atoms. The Hall–Kier alpha value is -2.37. The lowest BCUT2D eigenvalue weighted by Gasteiger charge is -2.29. The first-order chi connectivity index (χ1) is 11.9. The Bertz CT molecular complexity index is 766. The zero-order chi connectivity index (χ0) is 18.1. The van der Waals surface area contributed by atoms with Gasteiger partial charge in [-0.05, 0) is 50.3 Å². The second-order valence-electron chi connectivity index (χ2n) is 6.75. The number of hydrogen-bond acceptors (Lipinski definition) is 3. The van der Waals surface area contributed by atoms with Gasteiger partial charge in [-0.3, -0.25) is 9.48 Å². The summed E-state index contributed by atoms with van der Waals surface area (Å²) in [6.07, 6.45) is 2.17. The molecule has 0 saturated heterocycles. The molecule has 3 rings (SSSR count). The van der Waals surface area contributed by atoms with Crippen LogP contribution in [0.2, 0.25) is 0 Å². The Morgan fingerprint density at radius 1 is 1.36 bits per heavy atom. The van der Waals surface area contributed by atoms with Gasteiger partial charge >= 0.3 is 0 Å². The van der Waals surface area contributed by atoms with Crippen molar-refractivity contribution in [2.75, 3.05) is 13.7 Å². The van der Waals surface area contributed by atoms with Crippen LogP contribution in [0, 0.1) is 25.6 Å². The van der Waals surface area contributed by atoms with E-state index in [2.05, 4.69) is 5.10 Å². The molecular formula is C19H24FN3O2. The molecule has 0 aliphatic heterocycles. The monoisotopic (exact) mass is 345 g/mol. The van der Waals surface area contributed by atoms with E-state index in [0.717, 1.165) is 29.8 Å². The average Bonchev–Trinajstić information content (AvgIpc) is 3.37. The van der Waals surface area contributed by atoms with Gasteiger partial charge in [0.25, 0.3) is 5.91 Å². The molecule has 1 unspecified atom stereocenters. The first-order valence-electron chi connectivity index (χ1n) is 8.52. The van der Waals surface area contributed by atoms with E-state index in [0.29, 0.717) is 11.7 Å². The highest BCUT2D eigenvalue weighted by Gasteiger charge is 2.37. The minimum Gasteiger partial charge on any atom is -0.480 e. The van der Waals surface area contributed by atoms with Gasteiger partial charge in [0.05, 0.1) is 11.7 Å². The van der Waals surface area contributed by atoms with E-state index < -0.39 is 0 Å². The second-order valence-corrected chi connectivity index (χ2v) is 6.75. The third-order valence-corrected chi connectivity index (χ3v) is 4.87. The van der Waals surface area contributed by atoms with Crippen LogP contribution in [0.1, 0.15) is 35.8 Å². The Labute approximate surface area is 147 Å². The van der Waals surface area contributed by atoms with Gasteiger partial charge in [0.1, 0.15) is 11.5 Å². The number of likely N-dealkylation sites (N-methyl/N-ethyl adjacent to an activating group) is 1. The van der Waals surface area contributed by atoms with E-state index in [1.807, 2.05) is 20.9 Å². The molecule has 134 valence electrons. The molecule has 1 aliphatic rings. The summed E-state index contributed by atoms with van der Waals surface area (Å²) in [6, 6.07) is 6.38. The van der Waals surface area contributed by atoms with Crippen LogP contribution in [0.3, 0.4) is 0 Å². The van der Waals surface area contributed by atoms with Crippen molar-refractivity contribution in [3.05, 3.63) is 47.0 Å². The van der Waals surface area contributed by atoms with Crippen molar-refractivity contribution in [1.29, 1.82) is 0 Å². The molecule has 1 heterocycles. The highest BCUT2D eigenvalue weighted by molar-refractivity contribution is 5.78. The van der Waals surface area contributed by atoms with Crippen molar-refractivity contribution in [2.45, 2.75) is 32.7 Å². The minimum atomic E-state index is -0.266. The second kappa shape index (κ2) is 6.86. The Balaban J connectivity index is 1.70. The Morgan fingerprint density at radius 3 is 2.52 bits per heavy atom. The fourth-order valence-corrected chi connectivity index (χ4v) is 3.24.